The summed E-state index contributed by atoms with van der Waals surface area (Å²) in [5.41, 5.74) is 3.73. The zero-order valence-electron chi connectivity index (χ0n) is 14.8. The van der Waals surface area contributed by atoms with Crippen LogP contribution in [0.1, 0.15) is 33.6 Å². The van der Waals surface area contributed by atoms with E-state index in [1.165, 1.54) is 16.0 Å². The Labute approximate surface area is 166 Å². The third-order valence-electron chi connectivity index (χ3n) is 3.55. The van der Waals surface area contributed by atoms with E-state index < -0.39 is 0 Å². The third-order valence-corrected chi connectivity index (χ3v) is 4.61. The number of benzene rings is 1. The number of rotatable bonds is 6. The number of nitrogens with one attached hydrogen (secondary N) is 2. The van der Waals surface area contributed by atoms with Crippen LogP contribution in [-0.4, -0.2) is 24.0 Å². The van der Waals surface area contributed by atoms with Gasteiger partial charge in [-0.15, -0.1) is 35.3 Å². The molecular formula is C18H27IN4S. The highest BCUT2D eigenvalue weighted by molar-refractivity contribution is 14.0. The lowest BCUT2D eigenvalue weighted by Crippen LogP contribution is -2.38. The van der Waals surface area contributed by atoms with Crippen LogP contribution in [0.2, 0.25) is 0 Å². The van der Waals surface area contributed by atoms with E-state index in [1.807, 2.05) is 13.8 Å². The van der Waals surface area contributed by atoms with Crippen LogP contribution in [-0.2, 0) is 13.0 Å². The maximum atomic E-state index is 4.67. The number of nitrogens with zero attached hydrogens (tertiary/aromatic N) is 2. The minimum absolute atomic E-state index is 0. The molecule has 2 aromatic rings. The van der Waals surface area contributed by atoms with Crippen molar-refractivity contribution in [2.75, 3.05) is 13.1 Å². The van der Waals surface area contributed by atoms with E-state index >= 15 is 0 Å². The molecule has 0 saturated heterocycles. The van der Waals surface area contributed by atoms with Crippen molar-refractivity contribution in [3.63, 3.8) is 0 Å². The Balaban J connectivity index is 0.00000288. The second-order valence-electron chi connectivity index (χ2n) is 5.60. The number of thiazole rings is 1. The van der Waals surface area contributed by atoms with Gasteiger partial charge in [-0.25, -0.2) is 9.98 Å². The molecule has 0 atom stereocenters. The van der Waals surface area contributed by atoms with Crippen LogP contribution in [0.4, 0.5) is 0 Å². The van der Waals surface area contributed by atoms with Crippen LogP contribution in [0.25, 0.3) is 0 Å². The molecule has 0 aliphatic carbocycles. The summed E-state index contributed by atoms with van der Waals surface area (Å²) < 4.78 is 0. The maximum absolute atomic E-state index is 4.67. The number of aryl methyl sites for hydroxylation is 3. The zero-order chi connectivity index (χ0) is 16.7. The van der Waals surface area contributed by atoms with Crippen molar-refractivity contribution in [1.29, 1.82) is 0 Å². The van der Waals surface area contributed by atoms with E-state index in [1.54, 1.807) is 11.3 Å². The minimum Gasteiger partial charge on any atom is -0.357 e. The molecule has 0 radical (unpaired) electrons. The molecule has 0 aliphatic rings. The zero-order valence-corrected chi connectivity index (χ0v) is 18.0. The molecular weight excluding hydrogens is 431 g/mol. The van der Waals surface area contributed by atoms with E-state index in [4.69, 9.17) is 0 Å². The van der Waals surface area contributed by atoms with Crippen LogP contribution in [0.15, 0.2) is 29.3 Å². The van der Waals surface area contributed by atoms with Crippen molar-refractivity contribution in [1.82, 2.24) is 15.6 Å². The summed E-state index contributed by atoms with van der Waals surface area (Å²) in [5, 5.41) is 7.80. The van der Waals surface area contributed by atoms with E-state index in [0.29, 0.717) is 6.54 Å². The summed E-state index contributed by atoms with van der Waals surface area (Å²) in [6.07, 6.45) is 0.989. The van der Waals surface area contributed by atoms with Gasteiger partial charge in [0.2, 0.25) is 0 Å². The lowest BCUT2D eigenvalue weighted by molar-refractivity contribution is 0.800. The minimum atomic E-state index is 0. The number of aliphatic imine (C=N–C) groups is 1. The van der Waals surface area contributed by atoms with Gasteiger partial charge in [0.15, 0.2) is 5.96 Å². The highest BCUT2D eigenvalue weighted by Crippen LogP contribution is 2.17. The van der Waals surface area contributed by atoms with E-state index in [0.717, 1.165) is 36.2 Å². The topological polar surface area (TPSA) is 49.3 Å². The molecule has 1 heterocycles. The van der Waals surface area contributed by atoms with Gasteiger partial charge in [0.25, 0.3) is 0 Å². The fourth-order valence-electron chi connectivity index (χ4n) is 2.29. The first-order chi connectivity index (χ1) is 11.1. The average Bonchev–Trinajstić information content (AvgIpc) is 2.84. The number of hydrogen-bond donors (Lipinski definition) is 2. The number of hydrogen-bond acceptors (Lipinski definition) is 3. The van der Waals surface area contributed by atoms with Crippen molar-refractivity contribution >= 4 is 41.3 Å². The van der Waals surface area contributed by atoms with Gasteiger partial charge in [-0.05, 0) is 39.7 Å². The van der Waals surface area contributed by atoms with Crippen LogP contribution in [0.3, 0.4) is 0 Å². The van der Waals surface area contributed by atoms with Crippen molar-refractivity contribution in [3.05, 3.63) is 51.0 Å². The molecule has 0 spiro atoms. The van der Waals surface area contributed by atoms with Crippen molar-refractivity contribution < 1.29 is 0 Å². The summed E-state index contributed by atoms with van der Waals surface area (Å²) in [5.74, 6) is 0.866. The smallest absolute Gasteiger partial charge is 0.191 e. The molecule has 0 unspecified atom stereocenters. The first kappa shape index (κ1) is 20.9. The summed E-state index contributed by atoms with van der Waals surface area (Å²) in [6, 6.07) is 8.68. The fraction of sp³-hybridized carbons (Fsp3) is 0.444. The molecule has 2 N–H and O–H groups in total. The largest absolute Gasteiger partial charge is 0.357 e. The molecule has 24 heavy (non-hydrogen) atoms. The summed E-state index contributed by atoms with van der Waals surface area (Å²) in [7, 11) is 0. The Morgan fingerprint density at radius 3 is 2.42 bits per heavy atom. The number of guanidine groups is 1. The Bertz CT molecular complexity index is 650. The highest BCUT2D eigenvalue weighted by Gasteiger charge is 2.04. The standard InChI is InChI=1S/C18H26N4S.HI/c1-5-19-18(21-12-17-14(3)22-15(4)23-17)20-11-10-16-8-6-13(2)7-9-16;/h6-9H,5,10-12H2,1-4H3,(H2,19,20,21);1H. The van der Waals surface area contributed by atoms with Crippen LogP contribution >= 0.6 is 35.3 Å². The summed E-state index contributed by atoms with van der Waals surface area (Å²) in [4.78, 5) is 10.4. The van der Waals surface area contributed by atoms with Gasteiger partial charge in [0, 0.05) is 18.0 Å². The molecule has 0 saturated carbocycles. The maximum Gasteiger partial charge on any atom is 0.191 e. The normalized spacial score (nSPS) is 11.1. The summed E-state index contributed by atoms with van der Waals surface area (Å²) >= 11 is 1.72. The SMILES string of the molecule is CCNC(=NCc1sc(C)nc1C)NCCc1ccc(C)cc1.I. The summed E-state index contributed by atoms with van der Waals surface area (Å²) in [6.45, 7) is 10.7. The van der Waals surface area contributed by atoms with Gasteiger partial charge in [-0.3, -0.25) is 0 Å². The van der Waals surface area contributed by atoms with E-state index in [-0.39, 0.29) is 24.0 Å². The molecule has 6 heteroatoms. The predicted molar refractivity (Wildman–Crippen MR) is 115 cm³/mol. The Kier molecular flexibility index (Phi) is 9.28. The molecule has 132 valence electrons. The molecule has 0 bridgehead atoms. The van der Waals surface area contributed by atoms with Gasteiger partial charge in [-0.1, -0.05) is 29.8 Å². The highest BCUT2D eigenvalue weighted by atomic mass is 127. The molecule has 1 aromatic carbocycles. The molecule has 0 fully saturated rings. The average molecular weight is 458 g/mol. The first-order valence-corrected chi connectivity index (χ1v) is 8.90. The monoisotopic (exact) mass is 458 g/mol. The molecule has 1 aromatic heterocycles. The lowest BCUT2D eigenvalue weighted by atomic mass is 10.1. The Morgan fingerprint density at radius 2 is 1.83 bits per heavy atom. The number of aromatic nitrogens is 1. The van der Waals surface area contributed by atoms with Crippen molar-refractivity contribution in [3.8, 4) is 0 Å². The Hall–Kier alpha value is -1.15. The molecule has 2 rings (SSSR count). The third kappa shape index (κ3) is 6.76. The quantitative estimate of drug-likeness (QED) is 0.391. The number of halogens is 1. The van der Waals surface area contributed by atoms with E-state index in [9.17, 15) is 0 Å². The van der Waals surface area contributed by atoms with Crippen LogP contribution in [0, 0.1) is 20.8 Å². The first-order valence-electron chi connectivity index (χ1n) is 8.09. The molecule has 0 aliphatic heterocycles. The Morgan fingerprint density at radius 1 is 1.12 bits per heavy atom. The fourth-order valence-corrected chi connectivity index (χ4v) is 3.15. The van der Waals surface area contributed by atoms with Crippen LogP contribution < -0.4 is 10.6 Å². The van der Waals surface area contributed by atoms with Crippen LogP contribution in [0.5, 0.6) is 0 Å². The van der Waals surface area contributed by atoms with Crippen molar-refractivity contribution in [2.24, 2.45) is 4.99 Å². The van der Waals surface area contributed by atoms with Gasteiger partial charge >= 0.3 is 0 Å². The van der Waals surface area contributed by atoms with Gasteiger partial charge in [-0.2, -0.15) is 0 Å². The molecule has 4 nitrogen and oxygen atoms in total. The second kappa shape index (κ2) is 10.7. The second-order valence-corrected chi connectivity index (χ2v) is 6.89. The lowest BCUT2D eigenvalue weighted by Gasteiger charge is -2.11. The van der Waals surface area contributed by atoms with Gasteiger partial charge in [0.1, 0.15) is 0 Å². The van der Waals surface area contributed by atoms with Crippen molar-refractivity contribution in [2.45, 2.75) is 40.7 Å². The predicted octanol–water partition coefficient (Wildman–Crippen LogP) is 3.98. The van der Waals surface area contributed by atoms with Gasteiger partial charge < -0.3 is 10.6 Å². The molecule has 0 amide bonds. The van der Waals surface area contributed by atoms with Gasteiger partial charge in [0.05, 0.1) is 17.2 Å². The van der Waals surface area contributed by atoms with E-state index in [2.05, 4.69) is 58.7 Å².